The SMILES string of the molecule is O=C1Cc2cc(C(F)(F)F)ccc2N1c1cc(Cl)ccc1O. The maximum absolute atomic E-state index is 12.7. The summed E-state index contributed by atoms with van der Waals surface area (Å²) >= 11 is 5.86. The van der Waals surface area contributed by atoms with Gasteiger partial charge in [0.2, 0.25) is 5.91 Å². The molecule has 3 nitrogen and oxygen atoms in total. The van der Waals surface area contributed by atoms with E-state index in [1.165, 1.54) is 29.2 Å². The molecule has 114 valence electrons. The van der Waals surface area contributed by atoms with Crippen molar-refractivity contribution in [3.63, 3.8) is 0 Å². The van der Waals surface area contributed by atoms with Crippen LogP contribution in [0.4, 0.5) is 24.5 Å². The van der Waals surface area contributed by atoms with Crippen molar-refractivity contribution in [3.8, 4) is 5.75 Å². The Labute approximate surface area is 128 Å². The van der Waals surface area contributed by atoms with E-state index in [-0.39, 0.29) is 23.4 Å². The molecule has 1 aliphatic rings. The molecular weight excluding hydrogens is 319 g/mol. The number of alkyl halides is 3. The van der Waals surface area contributed by atoms with E-state index in [0.29, 0.717) is 10.7 Å². The largest absolute Gasteiger partial charge is 0.506 e. The number of amides is 1. The lowest BCUT2D eigenvalue weighted by molar-refractivity contribution is -0.137. The van der Waals surface area contributed by atoms with Crippen molar-refractivity contribution in [2.24, 2.45) is 0 Å². The highest BCUT2D eigenvalue weighted by Crippen LogP contribution is 2.42. The van der Waals surface area contributed by atoms with Crippen molar-refractivity contribution in [2.75, 3.05) is 4.90 Å². The Kier molecular flexibility index (Phi) is 3.29. The van der Waals surface area contributed by atoms with Gasteiger partial charge in [-0.25, -0.2) is 0 Å². The third-order valence-corrected chi connectivity index (χ3v) is 3.65. The number of benzene rings is 2. The molecule has 0 unspecified atom stereocenters. The lowest BCUT2D eigenvalue weighted by Crippen LogP contribution is -2.20. The number of carbonyl (C=O) groups is 1. The van der Waals surface area contributed by atoms with Gasteiger partial charge in [0.15, 0.2) is 0 Å². The van der Waals surface area contributed by atoms with Crippen LogP contribution in [0.1, 0.15) is 11.1 Å². The molecule has 0 fully saturated rings. The topological polar surface area (TPSA) is 40.5 Å². The molecule has 22 heavy (non-hydrogen) atoms. The monoisotopic (exact) mass is 327 g/mol. The van der Waals surface area contributed by atoms with Gasteiger partial charge in [-0.05, 0) is 42.0 Å². The highest BCUT2D eigenvalue weighted by molar-refractivity contribution is 6.31. The summed E-state index contributed by atoms with van der Waals surface area (Å²) in [6, 6.07) is 7.26. The van der Waals surface area contributed by atoms with E-state index in [9.17, 15) is 23.1 Å². The van der Waals surface area contributed by atoms with Gasteiger partial charge in [-0.15, -0.1) is 0 Å². The normalized spacial score (nSPS) is 14.4. The van der Waals surface area contributed by atoms with Crippen molar-refractivity contribution in [1.29, 1.82) is 0 Å². The minimum absolute atomic E-state index is 0.149. The van der Waals surface area contributed by atoms with Gasteiger partial charge in [-0.2, -0.15) is 13.2 Å². The van der Waals surface area contributed by atoms with Gasteiger partial charge >= 0.3 is 6.18 Å². The minimum atomic E-state index is -4.47. The van der Waals surface area contributed by atoms with Crippen LogP contribution >= 0.6 is 11.6 Å². The second-order valence-electron chi connectivity index (χ2n) is 4.88. The quantitative estimate of drug-likeness (QED) is 0.849. The van der Waals surface area contributed by atoms with Crippen molar-refractivity contribution in [3.05, 3.63) is 52.5 Å². The summed E-state index contributed by atoms with van der Waals surface area (Å²) in [5, 5.41) is 10.2. The smallest absolute Gasteiger partial charge is 0.416 e. The van der Waals surface area contributed by atoms with Crippen LogP contribution in [0.5, 0.6) is 5.75 Å². The van der Waals surface area contributed by atoms with Crippen molar-refractivity contribution < 1.29 is 23.1 Å². The van der Waals surface area contributed by atoms with Crippen LogP contribution in [0.2, 0.25) is 5.02 Å². The molecule has 0 radical (unpaired) electrons. The number of aromatic hydroxyl groups is 1. The molecule has 2 aromatic rings. The van der Waals surface area contributed by atoms with Gasteiger partial charge in [0, 0.05) is 5.02 Å². The second-order valence-corrected chi connectivity index (χ2v) is 5.32. The fourth-order valence-corrected chi connectivity index (χ4v) is 2.60. The summed E-state index contributed by atoms with van der Waals surface area (Å²) in [7, 11) is 0. The van der Waals surface area contributed by atoms with Crippen LogP contribution in [-0.2, 0) is 17.4 Å². The molecule has 0 aromatic heterocycles. The number of hydrogen-bond donors (Lipinski definition) is 1. The first-order valence-corrected chi connectivity index (χ1v) is 6.67. The first-order chi connectivity index (χ1) is 10.3. The van der Waals surface area contributed by atoms with E-state index in [1.807, 2.05) is 0 Å². The molecule has 3 rings (SSSR count). The van der Waals surface area contributed by atoms with E-state index in [2.05, 4.69) is 0 Å². The first kappa shape index (κ1) is 14.7. The number of nitrogens with zero attached hydrogens (tertiary/aromatic N) is 1. The summed E-state index contributed by atoms with van der Waals surface area (Å²) in [6.45, 7) is 0. The fraction of sp³-hybridized carbons (Fsp3) is 0.133. The van der Waals surface area contributed by atoms with Crippen LogP contribution in [0.15, 0.2) is 36.4 Å². The lowest BCUT2D eigenvalue weighted by atomic mass is 10.1. The predicted octanol–water partition coefficient (Wildman–Crippen LogP) is 4.29. The molecule has 1 aliphatic heterocycles. The molecule has 0 atom stereocenters. The van der Waals surface area contributed by atoms with Gasteiger partial charge in [-0.1, -0.05) is 11.6 Å². The zero-order valence-corrected chi connectivity index (χ0v) is 11.7. The van der Waals surface area contributed by atoms with Crippen molar-refractivity contribution in [2.45, 2.75) is 12.6 Å². The fourth-order valence-electron chi connectivity index (χ4n) is 2.44. The molecule has 0 saturated heterocycles. The van der Waals surface area contributed by atoms with Crippen LogP contribution in [0.3, 0.4) is 0 Å². The van der Waals surface area contributed by atoms with Gasteiger partial charge in [0.05, 0.1) is 23.4 Å². The van der Waals surface area contributed by atoms with Crippen LogP contribution in [0, 0.1) is 0 Å². The van der Waals surface area contributed by atoms with E-state index in [0.717, 1.165) is 12.1 Å². The lowest BCUT2D eigenvalue weighted by Gasteiger charge is -2.19. The number of hydrogen-bond acceptors (Lipinski definition) is 2. The van der Waals surface area contributed by atoms with Gasteiger partial charge < -0.3 is 5.11 Å². The maximum atomic E-state index is 12.7. The van der Waals surface area contributed by atoms with Gasteiger partial charge in [0.25, 0.3) is 0 Å². The van der Waals surface area contributed by atoms with Crippen LogP contribution < -0.4 is 4.90 Å². The molecule has 0 spiro atoms. The minimum Gasteiger partial charge on any atom is -0.506 e. The second kappa shape index (κ2) is 4.91. The Morgan fingerprint density at radius 1 is 1.09 bits per heavy atom. The summed E-state index contributed by atoms with van der Waals surface area (Å²) in [4.78, 5) is 13.3. The summed E-state index contributed by atoms with van der Waals surface area (Å²) < 4.78 is 38.2. The average molecular weight is 328 g/mol. The Bertz CT molecular complexity index is 774. The first-order valence-electron chi connectivity index (χ1n) is 6.29. The number of carbonyl (C=O) groups excluding carboxylic acids is 1. The van der Waals surface area contributed by atoms with Crippen LogP contribution in [-0.4, -0.2) is 11.0 Å². The highest BCUT2D eigenvalue weighted by atomic mass is 35.5. The number of phenols is 1. The molecule has 0 bridgehead atoms. The van der Waals surface area contributed by atoms with E-state index < -0.39 is 17.6 Å². The van der Waals surface area contributed by atoms with Crippen molar-refractivity contribution >= 4 is 28.9 Å². The number of phenolic OH excluding ortho intramolecular Hbond substituents is 1. The summed E-state index contributed by atoms with van der Waals surface area (Å²) in [5.74, 6) is -0.600. The van der Waals surface area contributed by atoms with Gasteiger partial charge in [-0.3, -0.25) is 9.69 Å². The maximum Gasteiger partial charge on any atom is 0.416 e. The van der Waals surface area contributed by atoms with E-state index in [4.69, 9.17) is 11.6 Å². The average Bonchev–Trinajstić information content (AvgIpc) is 2.75. The zero-order chi connectivity index (χ0) is 16.1. The molecule has 0 saturated carbocycles. The Hall–Kier alpha value is -2.21. The number of rotatable bonds is 1. The molecule has 7 heteroatoms. The van der Waals surface area contributed by atoms with E-state index >= 15 is 0 Å². The third kappa shape index (κ3) is 2.39. The Morgan fingerprint density at radius 2 is 1.82 bits per heavy atom. The number of anilines is 2. The predicted molar refractivity (Wildman–Crippen MR) is 75.4 cm³/mol. The molecule has 1 heterocycles. The molecule has 0 aliphatic carbocycles. The molecular formula is C15H9ClF3NO2. The molecule has 1 N–H and O–H groups in total. The van der Waals surface area contributed by atoms with Gasteiger partial charge in [0.1, 0.15) is 5.75 Å². The standard InChI is InChI=1S/C15H9ClF3NO2/c16-10-2-4-13(21)12(7-10)20-11-3-1-9(15(17,18)19)5-8(11)6-14(20)22/h1-5,7,21H,6H2. The number of fused-ring (bicyclic) bond motifs is 1. The Morgan fingerprint density at radius 3 is 2.50 bits per heavy atom. The van der Waals surface area contributed by atoms with E-state index in [1.54, 1.807) is 0 Å². The van der Waals surface area contributed by atoms with Crippen molar-refractivity contribution in [1.82, 2.24) is 0 Å². The number of halogens is 4. The Balaban J connectivity index is 2.11. The summed E-state index contributed by atoms with van der Waals surface area (Å²) in [6.07, 6.45) is -4.63. The third-order valence-electron chi connectivity index (χ3n) is 3.42. The molecule has 1 amide bonds. The molecule has 2 aromatic carbocycles. The van der Waals surface area contributed by atoms with Crippen LogP contribution in [0.25, 0.3) is 0 Å². The zero-order valence-electron chi connectivity index (χ0n) is 11.0. The summed E-state index contributed by atoms with van der Waals surface area (Å²) in [5.41, 5.74) is -0.0815. The highest BCUT2D eigenvalue weighted by Gasteiger charge is 2.35.